The Morgan fingerprint density at radius 1 is 1.53 bits per heavy atom. The minimum absolute atomic E-state index is 0.0288. The summed E-state index contributed by atoms with van der Waals surface area (Å²) < 4.78 is 26.3. The van der Waals surface area contributed by atoms with Crippen molar-refractivity contribution in [3.8, 4) is 0 Å². The highest BCUT2D eigenvalue weighted by Crippen LogP contribution is 2.26. The van der Waals surface area contributed by atoms with Crippen molar-refractivity contribution in [1.82, 2.24) is 14.5 Å². The van der Waals surface area contributed by atoms with Crippen molar-refractivity contribution in [3.63, 3.8) is 0 Å². The molecule has 0 radical (unpaired) electrons. The molecular formula is C10H16ClN3O2S. The average Bonchev–Trinajstić information content (AvgIpc) is 2.84. The number of hydrogen-bond donors (Lipinski definition) is 1. The van der Waals surface area contributed by atoms with Gasteiger partial charge >= 0.3 is 0 Å². The molecule has 96 valence electrons. The fourth-order valence-electron chi connectivity index (χ4n) is 2.22. The van der Waals surface area contributed by atoms with E-state index in [0.717, 1.165) is 19.3 Å². The average molecular weight is 278 g/mol. The first-order valence-electron chi connectivity index (χ1n) is 5.73. The molecule has 1 aliphatic heterocycles. The number of sulfonamides is 1. The van der Waals surface area contributed by atoms with Crippen LogP contribution < -0.4 is 0 Å². The third kappa shape index (κ3) is 2.64. The lowest BCUT2D eigenvalue weighted by atomic mass is 10.0. The maximum absolute atomic E-state index is 12.4. The number of halogens is 1. The van der Waals surface area contributed by atoms with Crippen molar-refractivity contribution >= 4 is 21.6 Å². The molecule has 0 aromatic carbocycles. The van der Waals surface area contributed by atoms with Gasteiger partial charge in [0, 0.05) is 24.7 Å². The Labute approximate surface area is 106 Å². The van der Waals surface area contributed by atoms with E-state index in [1.54, 1.807) is 4.31 Å². The highest BCUT2D eigenvalue weighted by atomic mass is 35.5. The van der Waals surface area contributed by atoms with Crippen molar-refractivity contribution in [1.29, 1.82) is 0 Å². The highest BCUT2D eigenvalue weighted by Gasteiger charge is 2.33. The Hall–Kier alpha value is -0.590. The van der Waals surface area contributed by atoms with E-state index in [4.69, 9.17) is 11.6 Å². The number of nitrogens with zero attached hydrogens (tertiary/aromatic N) is 2. The van der Waals surface area contributed by atoms with E-state index in [1.807, 2.05) is 0 Å². The fourth-order valence-corrected chi connectivity index (χ4v) is 4.10. The molecular weight excluding hydrogens is 262 g/mol. The number of aromatic amines is 1. The van der Waals surface area contributed by atoms with Crippen molar-refractivity contribution in [3.05, 3.63) is 12.4 Å². The number of alkyl halides is 1. The van der Waals surface area contributed by atoms with Crippen LogP contribution in [0.1, 0.15) is 25.7 Å². The summed E-state index contributed by atoms with van der Waals surface area (Å²) in [7, 11) is -3.41. The maximum Gasteiger partial charge on any atom is 0.246 e. The standard InChI is InChI=1S/C10H16ClN3O2S/c11-5-4-9-3-1-2-6-14(9)17(15,16)10-7-12-13-8-10/h7-9H,1-6H2,(H,12,13). The predicted molar refractivity (Wildman–Crippen MR) is 65.5 cm³/mol. The van der Waals surface area contributed by atoms with Crippen LogP contribution in [0.3, 0.4) is 0 Å². The molecule has 7 heteroatoms. The summed E-state index contributed by atoms with van der Waals surface area (Å²) in [5.41, 5.74) is 0. The first-order valence-corrected chi connectivity index (χ1v) is 7.70. The number of nitrogens with one attached hydrogen (secondary N) is 1. The summed E-state index contributed by atoms with van der Waals surface area (Å²) in [4.78, 5) is 0.235. The fraction of sp³-hybridized carbons (Fsp3) is 0.700. The normalized spacial score (nSPS) is 22.8. The Morgan fingerprint density at radius 2 is 2.35 bits per heavy atom. The zero-order chi connectivity index (χ0) is 12.3. The van der Waals surface area contributed by atoms with Gasteiger partial charge in [0.05, 0.1) is 6.20 Å². The second-order valence-electron chi connectivity index (χ2n) is 4.18. The van der Waals surface area contributed by atoms with Gasteiger partial charge in [0.15, 0.2) is 0 Å². The van der Waals surface area contributed by atoms with E-state index in [-0.39, 0.29) is 10.9 Å². The Bertz CT molecular complexity index is 444. The highest BCUT2D eigenvalue weighted by molar-refractivity contribution is 7.89. The molecule has 1 aromatic rings. The van der Waals surface area contributed by atoms with E-state index in [9.17, 15) is 8.42 Å². The first-order chi connectivity index (χ1) is 8.16. The number of hydrogen-bond acceptors (Lipinski definition) is 3. The van der Waals surface area contributed by atoms with Gasteiger partial charge in [0.2, 0.25) is 10.0 Å². The predicted octanol–water partition coefficient (Wildman–Crippen LogP) is 1.58. The lowest BCUT2D eigenvalue weighted by Crippen LogP contribution is -2.43. The Kier molecular flexibility index (Phi) is 4.06. The summed E-state index contributed by atoms with van der Waals surface area (Å²) >= 11 is 5.74. The second-order valence-corrected chi connectivity index (χ2v) is 6.45. The van der Waals surface area contributed by atoms with E-state index >= 15 is 0 Å². The zero-order valence-electron chi connectivity index (χ0n) is 9.47. The quantitative estimate of drug-likeness (QED) is 0.850. The molecule has 2 heterocycles. The molecule has 0 bridgehead atoms. The molecule has 0 amide bonds. The van der Waals surface area contributed by atoms with Gasteiger partial charge in [-0.2, -0.15) is 9.40 Å². The number of H-pyrrole nitrogens is 1. The second kappa shape index (κ2) is 5.37. The van der Waals surface area contributed by atoms with E-state index in [0.29, 0.717) is 18.8 Å². The molecule has 1 N–H and O–H groups in total. The molecule has 1 aliphatic rings. The van der Waals surface area contributed by atoms with E-state index < -0.39 is 10.0 Å². The van der Waals surface area contributed by atoms with Crippen molar-refractivity contribution in [2.24, 2.45) is 0 Å². The van der Waals surface area contributed by atoms with E-state index in [1.165, 1.54) is 12.4 Å². The van der Waals surface area contributed by atoms with Gasteiger partial charge < -0.3 is 0 Å². The minimum atomic E-state index is -3.41. The molecule has 0 saturated carbocycles. The summed E-state index contributed by atoms with van der Waals surface area (Å²) in [6.07, 6.45) is 6.35. The Balaban J connectivity index is 2.24. The van der Waals surface area contributed by atoms with Crippen LogP contribution in [0.15, 0.2) is 17.3 Å². The number of aromatic nitrogens is 2. The molecule has 5 nitrogen and oxygen atoms in total. The van der Waals surface area contributed by atoms with Crippen molar-refractivity contribution in [2.45, 2.75) is 36.6 Å². The van der Waals surface area contributed by atoms with Gasteiger partial charge in [0.1, 0.15) is 4.90 Å². The zero-order valence-corrected chi connectivity index (χ0v) is 11.0. The molecule has 1 unspecified atom stereocenters. The van der Waals surface area contributed by atoms with Crippen LogP contribution in [-0.2, 0) is 10.0 Å². The third-order valence-corrected chi connectivity index (χ3v) is 5.23. The molecule has 17 heavy (non-hydrogen) atoms. The summed E-state index contributed by atoms with van der Waals surface area (Å²) in [5.74, 6) is 0.488. The van der Waals surface area contributed by atoms with Gasteiger partial charge in [-0.1, -0.05) is 6.42 Å². The topological polar surface area (TPSA) is 66.1 Å². The smallest absolute Gasteiger partial charge is 0.246 e. The minimum Gasteiger partial charge on any atom is -0.284 e. The van der Waals surface area contributed by atoms with Gasteiger partial charge in [-0.3, -0.25) is 5.10 Å². The van der Waals surface area contributed by atoms with Crippen molar-refractivity contribution in [2.75, 3.05) is 12.4 Å². The maximum atomic E-state index is 12.4. The first kappa shape index (κ1) is 12.9. The van der Waals surface area contributed by atoms with Gasteiger partial charge in [-0.25, -0.2) is 8.42 Å². The van der Waals surface area contributed by atoms with Crippen molar-refractivity contribution < 1.29 is 8.42 Å². The molecule has 1 fully saturated rings. The SMILES string of the molecule is O=S(=O)(c1cn[nH]c1)N1CCCCC1CCCl. The van der Waals surface area contributed by atoms with Crippen LogP contribution in [0.4, 0.5) is 0 Å². The molecule has 0 aliphatic carbocycles. The molecule has 1 aromatic heterocycles. The van der Waals surface area contributed by atoms with Gasteiger partial charge in [-0.15, -0.1) is 11.6 Å². The molecule has 1 saturated heterocycles. The Morgan fingerprint density at radius 3 is 3.00 bits per heavy atom. The summed E-state index contributed by atoms with van der Waals surface area (Å²) in [5, 5.41) is 6.24. The number of piperidine rings is 1. The lowest BCUT2D eigenvalue weighted by Gasteiger charge is -2.33. The van der Waals surface area contributed by atoms with E-state index in [2.05, 4.69) is 10.2 Å². The largest absolute Gasteiger partial charge is 0.284 e. The van der Waals surface area contributed by atoms with Crippen LogP contribution in [0.5, 0.6) is 0 Å². The van der Waals surface area contributed by atoms with Crippen LogP contribution in [0.25, 0.3) is 0 Å². The molecule has 1 atom stereocenters. The number of rotatable bonds is 4. The molecule has 0 spiro atoms. The van der Waals surface area contributed by atoms with Crippen LogP contribution in [0.2, 0.25) is 0 Å². The summed E-state index contributed by atoms with van der Waals surface area (Å²) in [6, 6.07) is 0.0288. The summed E-state index contributed by atoms with van der Waals surface area (Å²) in [6.45, 7) is 0.578. The van der Waals surface area contributed by atoms with Gasteiger partial charge in [-0.05, 0) is 19.3 Å². The van der Waals surface area contributed by atoms with Crippen LogP contribution in [0, 0.1) is 0 Å². The molecule has 2 rings (SSSR count). The third-order valence-electron chi connectivity index (χ3n) is 3.10. The lowest BCUT2D eigenvalue weighted by molar-refractivity contribution is 0.247. The van der Waals surface area contributed by atoms with Gasteiger partial charge in [0.25, 0.3) is 0 Å². The monoisotopic (exact) mass is 277 g/mol. The van der Waals surface area contributed by atoms with Crippen LogP contribution in [-0.4, -0.2) is 41.4 Å². The van der Waals surface area contributed by atoms with Crippen LogP contribution >= 0.6 is 11.6 Å².